The van der Waals surface area contributed by atoms with Crippen molar-refractivity contribution in [3.05, 3.63) is 97.2 Å². The van der Waals surface area contributed by atoms with Crippen LogP contribution in [0.3, 0.4) is 0 Å². The molecule has 0 saturated heterocycles. The van der Waals surface area contributed by atoms with Crippen molar-refractivity contribution >= 4 is 11.9 Å². The van der Waals surface area contributed by atoms with Crippen molar-refractivity contribution in [2.45, 2.75) is 341 Å². The summed E-state index contributed by atoms with van der Waals surface area (Å²) in [6.45, 7) is 4.05. The zero-order chi connectivity index (χ0) is 56.2. The summed E-state index contributed by atoms with van der Waals surface area (Å²) in [7, 11) is 0. The molecule has 0 saturated carbocycles. The maximum atomic E-state index is 12.4. The third kappa shape index (κ3) is 65.3. The molecule has 0 amide bonds. The first-order valence-electron chi connectivity index (χ1n) is 33.8. The minimum absolute atomic E-state index is 0.0668. The van der Waals surface area contributed by atoms with Crippen molar-refractivity contribution in [1.82, 2.24) is 0 Å². The van der Waals surface area contributed by atoms with Gasteiger partial charge >= 0.3 is 11.9 Å². The second-order valence-corrected chi connectivity index (χ2v) is 22.5. The number of rotatable bonds is 62. The molecule has 450 valence electrons. The molecule has 0 bridgehead atoms. The number of aliphatic hydroxyl groups is 1. The van der Waals surface area contributed by atoms with Gasteiger partial charge in [-0.15, -0.1) is 0 Å². The van der Waals surface area contributed by atoms with Crippen LogP contribution in [0.15, 0.2) is 97.2 Å². The Labute approximate surface area is 485 Å². The van der Waals surface area contributed by atoms with E-state index in [9.17, 15) is 14.7 Å². The Hall–Kier alpha value is -3.18. The zero-order valence-corrected chi connectivity index (χ0v) is 51.7. The van der Waals surface area contributed by atoms with E-state index in [1.807, 2.05) is 0 Å². The quantitative estimate of drug-likeness (QED) is 0.0373. The monoisotopic (exact) mass is 1080 g/mol. The summed E-state index contributed by atoms with van der Waals surface area (Å²) in [5, 5.41) is 9.70. The van der Waals surface area contributed by atoms with Gasteiger partial charge in [-0.1, -0.05) is 323 Å². The van der Waals surface area contributed by atoms with E-state index in [1.165, 1.54) is 225 Å². The van der Waals surface area contributed by atoms with Crippen LogP contribution in [0.1, 0.15) is 335 Å². The lowest BCUT2D eigenvalue weighted by Gasteiger charge is -2.15. The molecule has 0 heterocycles. The maximum Gasteiger partial charge on any atom is 0.306 e. The number of unbranched alkanes of at least 4 members (excludes halogenated alkanes) is 38. The van der Waals surface area contributed by atoms with Gasteiger partial charge in [0, 0.05) is 12.8 Å². The average Bonchev–Trinajstić information content (AvgIpc) is 3.44. The first-order chi connectivity index (χ1) is 38.6. The van der Waals surface area contributed by atoms with Gasteiger partial charge in [-0.25, -0.2) is 0 Å². The van der Waals surface area contributed by atoms with Gasteiger partial charge in [-0.2, -0.15) is 0 Å². The van der Waals surface area contributed by atoms with Crippen molar-refractivity contribution in [1.29, 1.82) is 0 Å². The highest BCUT2D eigenvalue weighted by atomic mass is 16.6. The van der Waals surface area contributed by atoms with Gasteiger partial charge in [-0.3, -0.25) is 9.59 Å². The minimum Gasteiger partial charge on any atom is -0.462 e. The van der Waals surface area contributed by atoms with Gasteiger partial charge in [0.2, 0.25) is 0 Å². The summed E-state index contributed by atoms with van der Waals surface area (Å²) < 4.78 is 10.8. The van der Waals surface area contributed by atoms with Crippen LogP contribution in [-0.2, 0) is 19.1 Å². The van der Waals surface area contributed by atoms with E-state index in [2.05, 4.69) is 111 Å². The molecule has 1 unspecified atom stereocenters. The van der Waals surface area contributed by atoms with Crippen molar-refractivity contribution < 1.29 is 24.2 Å². The summed E-state index contributed by atoms with van der Waals surface area (Å²) in [6, 6.07) is 0. The molecule has 0 aromatic rings. The molecule has 0 spiro atoms. The molecule has 1 N–H and O–H groups in total. The molecule has 0 rings (SSSR count). The van der Waals surface area contributed by atoms with Crippen molar-refractivity contribution in [3.8, 4) is 0 Å². The van der Waals surface area contributed by atoms with E-state index < -0.39 is 6.10 Å². The summed E-state index contributed by atoms with van der Waals surface area (Å²) in [6.07, 6.45) is 97.1. The Morgan fingerprint density at radius 3 is 0.833 bits per heavy atom. The Balaban J connectivity index is 3.45. The Morgan fingerprint density at radius 1 is 0.308 bits per heavy atom. The van der Waals surface area contributed by atoms with E-state index in [4.69, 9.17) is 9.47 Å². The van der Waals surface area contributed by atoms with Gasteiger partial charge in [0.15, 0.2) is 6.10 Å². The van der Waals surface area contributed by atoms with Gasteiger partial charge in [0.05, 0.1) is 6.61 Å². The number of carbonyl (C=O) groups is 2. The van der Waals surface area contributed by atoms with Crippen LogP contribution in [-0.4, -0.2) is 36.4 Å². The fourth-order valence-corrected chi connectivity index (χ4v) is 9.83. The van der Waals surface area contributed by atoms with Crippen LogP contribution >= 0.6 is 0 Å². The number of aliphatic hydroxyl groups excluding tert-OH is 1. The fourth-order valence-electron chi connectivity index (χ4n) is 9.83. The molecular weight excluding hydrogens is 957 g/mol. The van der Waals surface area contributed by atoms with E-state index >= 15 is 0 Å². The van der Waals surface area contributed by atoms with E-state index in [0.29, 0.717) is 12.8 Å². The van der Waals surface area contributed by atoms with Crippen LogP contribution in [0, 0.1) is 0 Å². The molecule has 1 atom stereocenters. The minimum atomic E-state index is -0.778. The zero-order valence-electron chi connectivity index (χ0n) is 51.7. The molecule has 0 aliphatic heterocycles. The predicted molar refractivity (Wildman–Crippen MR) is 343 cm³/mol. The van der Waals surface area contributed by atoms with Crippen LogP contribution in [0.4, 0.5) is 0 Å². The standard InChI is InChI=1S/C73H128O5/c1-3-5-7-9-11-13-15-17-19-21-23-25-27-29-31-33-35-36-38-39-41-43-45-47-49-51-53-55-57-59-61-63-65-67-72(75)77-70-71(69-74)78-73(76)68-66-64-62-60-58-56-54-52-50-48-46-44-42-40-37-34-32-30-28-26-24-22-20-18-16-14-12-10-8-6-4-2/h6,8,12,14-15,17-18,20-21,23-24,26,30,32,37,40,71,74H,3-5,7,9-11,13,16,19,22,25,27-29,31,33-36,38-39,41-70H2,1-2H3/b8-6-,14-12-,17-15-,20-18-,23-21-,26-24-,32-30-,40-37-. The highest BCUT2D eigenvalue weighted by molar-refractivity contribution is 5.70. The lowest BCUT2D eigenvalue weighted by Crippen LogP contribution is -2.28. The largest absolute Gasteiger partial charge is 0.462 e. The maximum absolute atomic E-state index is 12.4. The number of hydrogen-bond donors (Lipinski definition) is 1. The van der Waals surface area contributed by atoms with Crippen LogP contribution in [0.5, 0.6) is 0 Å². The highest BCUT2D eigenvalue weighted by Crippen LogP contribution is 2.18. The SMILES string of the molecule is CC/C=C\C/C=C\C/C=C\C/C=C\C/C=C\C/C=C\CCCCCCCCCCCCCCC(=O)OC(CO)COC(=O)CCCCCCCCCCCCCCCCCCCCCCC/C=C\C/C=C\CCCCCCC. The average molecular weight is 1090 g/mol. The first kappa shape index (κ1) is 74.8. The summed E-state index contributed by atoms with van der Waals surface area (Å²) in [5.41, 5.74) is 0. The fraction of sp³-hybridized carbons (Fsp3) is 0.753. The van der Waals surface area contributed by atoms with Crippen LogP contribution < -0.4 is 0 Å². The van der Waals surface area contributed by atoms with Gasteiger partial charge in [0.1, 0.15) is 6.61 Å². The van der Waals surface area contributed by atoms with Crippen LogP contribution in [0.2, 0.25) is 0 Å². The predicted octanol–water partition coefficient (Wildman–Crippen LogP) is 23.4. The van der Waals surface area contributed by atoms with Crippen molar-refractivity contribution in [2.75, 3.05) is 13.2 Å². The normalized spacial score (nSPS) is 12.8. The number of carbonyl (C=O) groups excluding carboxylic acids is 2. The van der Waals surface area contributed by atoms with Crippen molar-refractivity contribution in [3.63, 3.8) is 0 Å². The third-order valence-corrected chi connectivity index (χ3v) is 14.9. The lowest BCUT2D eigenvalue weighted by atomic mass is 10.0. The number of hydrogen-bond acceptors (Lipinski definition) is 5. The van der Waals surface area contributed by atoms with E-state index in [1.54, 1.807) is 0 Å². The topological polar surface area (TPSA) is 72.8 Å². The molecule has 0 aliphatic rings. The third-order valence-electron chi connectivity index (χ3n) is 14.9. The summed E-state index contributed by atoms with van der Waals surface area (Å²) in [5.74, 6) is -0.582. The summed E-state index contributed by atoms with van der Waals surface area (Å²) >= 11 is 0. The molecule has 0 aliphatic carbocycles. The molecule has 5 nitrogen and oxygen atoms in total. The smallest absolute Gasteiger partial charge is 0.306 e. The second kappa shape index (κ2) is 68.1. The lowest BCUT2D eigenvalue weighted by molar-refractivity contribution is -0.161. The molecular formula is C73H128O5. The van der Waals surface area contributed by atoms with E-state index in [-0.39, 0.29) is 25.2 Å². The number of ether oxygens (including phenoxy) is 2. The molecule has 0 aromatic carbocycles. The Bertz CT molecular complexity index is 1460. The van der Waals surface area contributed by atoms with E-state index in [0.717, 1.165) is 83.5 Å². The second-order valence-electron chi connectivity index (χ2n) is 22.5. The Kier molecular flexibility index (Phi) is 65.3. The van der Waals surface area contributed by atoms with Crippen molar-refractivity contribution in [2.24, 2.45) is 0 Å². The highest BCUT2D eigenvalue weighted by Gasteiger charge is 2.16. The molecule has 78 heavy (non-hydrogen) atoms. The van der Waals surface area contributed by atoms with Crippen LogP contribution in [0.25, 0.3) is 0 Å². The molecule has 0 radical (unpaired) electrons. The number of allylic oxidation sites excluding steroid dienone is 16. The summed E-state index contributed by atoms with van der Waals surface area (Å²) in [4.78, 5) is 24.6. The molecule has 0 fully saturated rings. The van der Waals surface area contributed by atoms with Gasteiger partial charge in [-0.05, 0) is 96.3 Å². The van der Waals surface area contributed by atoms with Gasteiger partial charge < -0.3 is 14.6 Å². The number of esters is 2. The first-order valence-corrected chi connectivity index (χ1v) is 33.8. The molecule has 5 heteroatoms. The molecule has 0 aromatic heterocycles. The van der Waals surface area contributed by atoms with Gasteiger partial charge in [0.25, 0.3) is 0 Å². The Morgan fingerprint density at radius 2 is 0.551 bits per heavy atom.